The van der Waals surface area contributed by atoms with Gasteiger partial charge in [-0.05, 0) is 55.0 Å². The highest BCUT2D eigenvalue weighted by Gasteiger charge is 2.56. The summed E-state index contributed by atoms with van der Waals surface area (Å²) in [6.07, 6.45) is 3.70. The molecule has 3 aliphatic carbocycles. The van der Waals surface area contributed by atoms with Crippen molar-refractivity contribution in [2.24, 2.45) is 17.8 Å². The standard InChI is InChI=1S/C30H24FNO5/c1-15-11-24(34)21-13-20-18(25(27(21)28(15)35)17-7-10-23(33)22(31)12-17)8-9-19-26(20)30(37)32(29(19)36)14-16-5-3-2-4-6-16/h2-8,10-12,19-20,25-26,33H,9,13-14H2,1H3. The molecule has 0 bridgehead atoms. The Morgan fingerprint density at radius 3 is 2.49 bits per heavy atom. The fourth-order valence-corrected chi connectivity index (χ4v) is 6.43. The van der Waals surface area contributed by atoms with Crippen LogP contribution in [0.5, 0.6) is 5.75 Å². The summed E-state index contributed by atoms with van der Waals surface area (Å²) in [5.41, 5.74) is 2.94. The van der Waals surface area contributed by atoms with Gasteiger partial charge in [-0.3, -0.25) is 24.1 Å². The number of carbonyl (C=O) groups is 4. The average Bonchev–Trinajstić information content (AvgIpc) is 3.13. The molecule has 0 saturated carbocycles. The molecule has 4 atom stereocenters. The van der Waals surface area contributed by atoms with E-state index in [1.54, 1.807) is 6.92 Å². The zero-order valence-electron chi connectivity index (χ0n) is 20.1. The van der Waals surface area contributed by atoms with Crippen LogP contribution in [0.4, 0.5) is 4.39 Å². The molecule has 1 heterocycles. The molecule has 37 heavy (non-hydrogen) atoms. The molecule has 7 heteroatoms. The van der Waals surface area contributed by atoms with Gasteiger partial charge in [0.15, 0.2) is 23.1 Å². The van der Waals surface area contributed by atoms with Crippen molar-refractivity contribution in [1.29, 1.82) is 0 Å². The second-order valence-electron chi connectivity index (χ2n) is 10.2. The van der Waals surface area contributed by atoms with Crippen LogP contribution < -0.4 is 0 Å². The number of hydrogen-bond donors (Lipinski definition) is 1. The lowest BCUT2D eigenvalue weighted by molar-refractivity contribution is -0.140. The summed E-state index contributed by atoms with van der Waals surface area (Å²) in [7, 11) is 0. The normalized spacial score (nSPS) is 27.0. The molecule has 0 radical (unpaired) electrons. The Morgan fingerprint density at radius 2 is 1.76 bits per heavy atom. The molecule has 2 aromatic carbocycles. The van der Waals surface area contributed by atoms with Crippen molar-refractivity contribution in [1.82, 2.24) is 4.90 Å². The molecule has 4 unspecified atom stereocenters. The van der Waals surface area contributed by atoms with Crippen LogP contribution >= 0.6 is 0 Å². The predicted molar refractivity (Wildman–Crippen MR) is 131 cm³/mol. The Labute approximate surface area is 212 Å². The smallest absolute Gasteiger partial charge is 0.234 e. The summed E-state index contributed by atoms with van der Waals surface area (Å²) >= 11 is 0. The molecule has 2 aromatic rings. The fourth-order valence-electron chi connectivity index (χ4n) is 6.43. The van der Waals surface area contributed by atoms with Gasteiger partial charge >= 0.3 is 0 Å². The van der Waals surface area contributed by atoms with E-state index in [1.807, 2.05) is 36.4 Å². The molecule has 1 saturated heterocycles. The van der Waals surface area contributed by atoms with Crippen molar-refractivity contribution < 1.29 is 28.7 Å². The number of fused-ring (bicyclic) bond motifs is 3. The van der Waals surface area contributed by atoms with Gasteiger partial charge in [0, 0.05) is 22.6 Å². The van der Waals surface area contributed by atoms with E-state index < -0.39 is 35.2 Å². The molecule has 0 aromatic heterocycles. The predicted octanol–water partition coefficient (Wildman–Crippen LogP) is 4.16. The van der Waals surface area contributed by atoms with E-state index in [-0.39, 0.29) is 36.3 Å². The number of carbonyl (C=O) groups excluding carboxylic acids is 4. The summed E-state index contributed by atoms with van der Waals surface area (Å²) in [6, 6.07) is 13.2. The number of ketones is 2. The molecule has 6 nitrogen and oxygen atoms in total. The lowest BCUT2D eigenvalue weighted by Crippen LogP contribution is -2.39. The highest BCUT2D eigenvalue weighted by Crippen LogP contribution is 2.55. The maximum Gasteiger partial charge on any atom is 0.234 e. The minimum absolute atomic E-state index is 0.173. The largest absolute Gasteiger partial charge is 0.505 e. The van der Waals surface area contributed by atoms with E-state index in [9.17, 15) is 28.7 Å². The van der Waals surface area contributed by atoms with Crippen molar-refractivity contribution in [2.75, 3.05) is 0 Å². The van der Waals surface area contributed by atoms with Crippen LogP contribution in [0.3, 0.4) is 0 Å². The number of imide groups is 1. The maximum atomic E-state index is 14.5. The Balaban J connectivity index is 1.45. The topological polar surface area (TPSA) is 91.8 Å². The first-order valence-electron chi connectivity index (χ1n) is 12.3. The van der Waals surface area contributed by atoms with Crippen LogP contribution in [0, 0.1) is 23.6 Å². The molecule has 4 aliphatic rings. The zero-order chi connectivity index (χ0) is 26.0. The molecule has 1 aliphatic heterocycles. The average molecular weight is 498 g/mol. The highest BCUT2D eigenvalue weighted by molar-refractivity contribution is 6.23. The number of allylic oxidation sites excluding steroid dienone is 6. The molecule has 6 rings (SSSR count). The van der Waals surface area contributed by atoms with Gasteiger partial charge in [0.05, 0.1) is 18.4 Å². The van der Waals surface area contributed by atoms with Gasteiger partial charge < -0.3 is 5.11 Å². The minimum Gasteiger partial charge on any atom is -0.505 e. The van der Waals surface area contributed by atoms with Gasteiger partial charge in [0.1, 0.15) is 0 Å². The molecular weight excluding hydrogens is 473 g/mol. The number of Topliss-reactive ketones (excluding diaryl/α,β-unsaturated/α-hetero) is 1. The van der Waals surface area contributed by atoms with Gasteiger partial charge in [0.2, 0.25) is 11.8 Å². The lowest BCUT2D eigenvalue weighted by Gasteiger charge is -2.42. The first-order valence-corrected chi connectivity index (χ1v) is 12.3. The maximum absolute atomic E-state index is 14.5. The van der Waals surface area contributed by atoms with Crippen LogP contribution in [0.1, 0.15) is 36.8 Å². The zero-order valence-corrected chi connectivity index (χ0v) is 20.1. The minimum atomic E-state index is -0.834. The van der Waals surface area contributed by atoms with E-state index in [0.717, 1.165) is 11.1 Å². The third-order valence-electron chi connectivity index (χ3n) is 8.14. The SMILES string of the molecule is CC1=CC(=O)C2=C(C1=O)C(c1ccc(O)c(F)c1)C1=CCC3C(=O)N(Cc4ccccc4)C(=O)C3C1C2. The quantitative estimate of drug-likeness (QED) is 0.391. The van der Waals surface area contributed by atoms with Gasteiger partial charge in [0.25, 0.3) is 0 Å². The monoisotopic (exact) mass is 497 g/mol. The molecule has 1 N–H and O–H groups in total. The lowest BCUT2D eigenvalue weighted by atomic mass is 9.59. The van der Waals surface area contributed by atoms with E-state index >= 15 is 0 Å². The van der Waals surface area contributed by atoms with Crippen LogP contribution in [-0.2, 0) is 25.7 Å². The third kappa shape index (κ3) is 3.52. The second-order valence-corrected chi connectivity index (χ2v) is 10.2. The van der Waals surface area contributed by atoms with Crippen LogP contribution in [0.2, 0.25) is 0 Å². The Bertz CT molecular complexity index is 1480. The molecule has 0 spiro atoms. The number of rotatable bonds is 3. The van der Waals surface area contributed by atoms with Crippen LogP contribution in [0.25, 0.3) is 0 Å². The van der Waals surface area contributed by atoms with E-state index in [0.29, 0.717) is 28.7 Å². The third-order valence-corrected chi connectivity index (χ3v) is 8.14. The van der Waals surface area contributed by atoms with E-state index in [1.165, 1.54) is 29.2 Å². The molecule has 1 fully saturated rings. The number of benzene rings is 2. The number of halogens is 1. The first-order chi connectivity index (χ1) is 17.8. The van der Waals surface area contributed by atoms with Gasteiger partial charge in [-0.1, -0.05) is 48.0 Å². The number of aromatic hydroxyl groups is 1. The van der Waals surface area contributed by atoms with E-state index in [2.05, 4.69) is 0 Å². The summed E-state index contributed by atoms with van der Waals surface area (Å²) < 4.78 is 14.5. The summed E-state index contributed by atoms with van der Waals surface area (Å²) in [4.78, 5) is 54.8. The number of amides is 2. The fraction of sp³-hybridized carbons (Fsp3) is 0.267. The van der Waals surface area contributed by atoms with E-state index in [4.69, 9.17) is 0 Å². The first kappa shape index (κ1) is 23.3. The Morgan fingerprint density at radius 1 is 1.00 bits per heavy atom. The molecule has 2 amide bonds. The number of phenolic OH excluding ortho intramolecular Hbond substituents is 1. The van der Waals surface area contributed by atoms with Crippen LogP contribution in [0.15, 0.2) is 83.0 Å². The Kier molecular flexibility index (Phi) is 5.33. The molecule has 186 valence electrons. The van der Waals surface area contributed by atoms with Gasteiger partial charge in [-0.25, -0.2) is 4.39 Å². The van der Waals surface area contributed by atoms with Crippen molar-refractivity contribution in [3.05, 3.63) is 99.9 Å². The van der Waals surface area contributed by atoms with Gasteiger partial charge in [-0.15, -0.1) is 0 Å². The summed E-state index contributed by atoms with van der Waals surface area (Å²) in [6.45, 7) is 1.75. The van der Waals surface area contributed by atoms with Crippen LogP contribution in [-0.4, -0.2) is 33.4 Å². The van der Waals surface area contributed by atoms with Crippen molar-refractivity contribution in [3.63, 3.8) is 0 Å². The number of hydrogen-bond acceptors (Lipinski definition) is 5. The Hall–Kier alpha value is -4.13. The summed E-state index contributed by atoms with van der Waals surface area (Å²) in [5, 5.41) is 9.76. The number of likely N-dealkylation sites (tertiary alicyclic amines) is 1. The highest BCUT2D eigenvalue weighted by atomic mass is 19.1. The van der Waals surface area contributed by atoms with Crippen molar-refractivity contribution in [2.45, 2.75) is 32.2 Å². The van der Waals surface area contributed by atoms with Gasteiger partial charge in [-0.2, -0.15) is 0 Å². The number of phenols is 1. The second kappa shape index (κ2) is 8.47. The number of nitrogens with zero attached hydrogens (tertiary/aromatic N) is 1. The molecular formula is C30H24FNO5. The van der Waals surface area contributed by atoms with Crippen molar-refractivity contribution >= 4 is 23.4 Å². The van der Waals surface area contributed by atoms with Crippen molar-refractivity contribution in [3.8, 4) is 5.75 Å². The summed E-state index contributed by atoms with van der Waals surface area (Å²) in [5.74, 6) is -4.86.